The van der Waals surface area contributed by atoms with E-state index in [0.717, 1.165) is 17.0 Å². The van der Waals surface area contributed by atoms with E-state index in [9.17, 15) is 17.6 Å². The van der Waals surface area contributed by atoms with Gasteiger partial charge in [0.15, 0.2) is 0 Å². The molecule has 0 fully saturated rings. The van der Waals surface area contributed by atoms with Crippen molar-refractivity contribution < 1.29 is 17.6 Å². The Hall–Kier alpha value is -2.41. The zero-order valence-electron chi connectivity index (χ0n) is 18.1. The third-order valence-electron chi connectivity index (χ3n) is 5.07. The minimum Gasteiger partial charge on any atom is -0.354 e. The molecular weight excluding hydrogens is 403 g/mol. The Morgan fingerprint density at radius 3 is 2.30 bits per heavy atom. The second kappa shape index (κ2) is 10.1. The number of carbonyl (C=O) groups excluding carboxylic acids is 1. The number of hydrogen-bond acceptors (Lipinski definition) is 3. The third-order valence-corrected chi connectivity index (χ3v) is 6.25. The number of sulfonamides is 1. The number of carbonyl (C=O) groups is 1. The summed E-state index contributed by atoms with van der Waals surface area (Å²) in [5.74, 6) is -0.752. The number of para-hydroxylation sites is 1. The Bertz CT molecular complexity index is 946. The van der Waals surface area contributed by atoms with Crippen molar-refractivity contribution in [3.63, 3.8) is 0 Å². The summed E-state index contributed by atoms with van der Waals surface area (Å²) in [4.78, 5) is 12.4. The number of anilines is 1. The van der Waals surface area contributed by atoms with Crippen LogP contribution in [0.4, 0.5) is 10.1 Å². The first-order valence-corrected chi connectivity index (χ1v) is 11.9. The smallest absolute Gasteiger partial charge is 0.232 e. The molecule has 0 aliphatic carbocycles. The largest absolute Gasteiger partial charge is 0.354 e. The summed E-state index contributed by atoms with van der Waals surface area (Å²) in [7, 11) is -3.65. The summed E-state index contributed by atoms with van der Waals surface area (Å²) < 4.78 is 39.2. The van der Waals surface area contributed by atoms with Gasteiger partial charge in [-0.3, -0.25) is 9.10 Å². The van der Waals surface area contributed by atoms with Crippen LogP contribution in [-0.2, 0) is 20.2 Å². The lowest BCUT2D eigenvalue weighted by atomic mass is 9.79. The van der Waals surface area contributed by atoms with Gasteiger partial charge >= 0.3 is 0 Å². The van der Waals surface area contributed by atoms with E-state index in [1.807, 2.05) is 25.1 Å². The average Bonchev–Trinajstić information content (AvgIpc) is 2.65. The molecule has 0 heterocycles. The van der Waals surface area contributed by atoms with E-state index in [1.54, 1.807) is 6.07 Å². The number of nitrogens with one attached hydrogen (secondary N) is 1. The SMILES string of the molecule is C[C@@H](CC(C)(C)c1ccccc1)NC(=O)CCCN(c1ccccc1F)S(C)(=O)=O. The monoisotopic (exact) mass is 434 g/mol. The lowest BCUT2D eigenvalue weighted by molar-refractivity contribution is -0.121. The fraction of sp³-hybridized carbons (Fsp3) is 0.435. The van der Waals surface area contributed by atoms with E-state index >= 15 is 0 Å². The van der Waals surface area contributed by atoms with Gasteiger partial charge in [-0.1, -0.05) is 56.3 Å². The average molecular weight is 435 g/mol. The Morgan fingerprint density at radius 1 is 1.10 bits per heavy atom. The van der Waals surface area contributed by atoms with Crippen molar-refractivity contribution in [1.29, 1.82) is 0 Å². The van der Waals surface area contributed by atoms with Crippen molar-refractivity contribution in [1.82, 2.24) is 5.32 Å². The molecule has 0 aliphatic heterocycles. The van der Waals surface area contributed by atoms with Gasteiger partial charge in [-0.25, -0.2) is 12.8 Å². The van der Waals surface area contributed by atoms with Crippen LogP contribution in [0.25, 0.3) is 0 Å². The van der Waals surface area contributed by atoms with E-state index in [4.69, 9.17) is 0 Å². The molecule has 0 aliphatic rings. The summed E-state index contributed by atoms with van der Waals surface area (Å²) in [5, 5.41) is 2.99. The van der Waals surface area contributed by atoms with Crippen LogP contribution in [0.3, 0.4) is 0 Å². The van der Waals surface area contributed by atoms with Crippen molar-refractivity contribution >= 4 is 21.6 Å². The molecule has 0 saturated heterocycles. The summed E-state index contributed by atoms with van der Waals surface area (Å²) in [5.41, 5.74) is 1.12. The number of rotatable bonds is 10. The van der Waals surface area contributed by atoms with E-state index < -0.39 is 15.8 Å². The molecule has 1 N–H and O–H groups in total. The highest BCUT2D eigenvalue weighted by Gasteiger charge is 2.24. The summed E-state index contributed by atoms with van der Waals surface area (Å²) in [6.07, 6.45) is 2.26. The van der Waals surface area contributed by atoms with Gasteiger partial charge in [0, 0.05) is 19.0 Å². The minimum absolute atomic E-state index is 0.00149. The number of benzene rings is 2. The predicted octanol–water partition coefficient (Wildman–Crippen LogP) is 4.24. The maximum absolute atomic E-state index is 14.0. The number of hydrogen-bond donors (Lipinski definition) is 1. The highest BCUT2D eigenvalue weighted by molar-refractivity contribution is 7.92. The van der Waals surface area contributed by atoms with Gasteiger partial charge in [-0.05, 0) is 42.9 Å². The molecule has 2 aromatic carbocycles. The molecule has 1 amide bonds. The van der Waals surface area contributed by atoms with E-state index in [2.05, 4.69) is 31.3 Å². The van der Waals surface area contributed by atoms with Gasteiger partial charge in [0.25, 0.3) is 0 Å². The lowest BCUT2D eigenvalue weighted by Gasteiger charge is -2.29. The van der Waals surface area contributed by atoms with Crippen LogP contribution in [0.1, 0.15) is 45.6 Å². The van der Waals surface area contributed by atoms with E-state index in [0.29, 0.717) is 6.42 Å². The molecule has 5 nitrogen and oxygen atoms in total. The van der Waals surface area contributed by atoms with Crippen molar-refractivity contribution in [3.05, 3.63) is 66.0 Å². The maximum atomic E-state index is 14.0. The Balaban J connectivity index is 1.89. The Morgan fingerprint density at radius 2 is 1.70 bits per heavy atom. The van der Waals surface area contributed by atoms with Crippen LogP contribution in [0.15, 0.2) is 54.6 Å². The van der Waals surface area contributed by atoms with Crippen LogP contribution in [-0.4, -0.2) is 33.2 Å². The van der Waals surface area contributed by atoms with Gasteiger partial charge < -0.3 is 5.32 Å². The van der Waals surface area contributed by atoms with Crippen LogP contribution < -0.4 is 9.62 Å². The van der Waals surface area contributed by atoms with Crippen molar-refractivity contribution in [2.45, 2.75) is 51.5 Å². The lowest BCUT2D eigenvalue weighted by Crippen LogP contribution is -2.38. The molecule has 0 radical (unpaired) electrons. The zero-order valence-corrected chi connectivity index (χ0v) is 18.9. The second-order valence-electron chi connectivity index (χ2n) is 8.31. The number of halogens is 1. The van der Waals surface area contributed by atoms with Crippen LogP contribution in [0.5, 0.6) is 0 Å². The molecule has 7 heteroatoms. The maximum Gasteiger partial charge on any atom is 0.232 e. The molecule has 30 heavy (non-hydrogen) atoms. The first-order valence-electron chi connectivity index (χ1n) is 10.1. The fourth-order valence-corrected chi connectivity index (χ4v) is 4.64. The third kappa shape index (κ3) is 6.83. The van der Waals surface area contributed by atoms with Gasteiger partial charge in [-0.15, -0.1) is 0 Å². The Kier molecular flexibility index (Phi) is 8.01. The summed E-state index contributed by atoms with van der Waals surface area (Å²) in [6.45, 7) is 6.29. The molecule has 0 bridgehead atoms. The molecule has 0 aromatic heterocycles. The first-order chi connectivity index (χ1) is 14.0. The molecule has 2 rings (SSSR count). The summed E-state index contributed by atoms with van der Waals surface area (Å²) in [6, 6.07) is 15.8. The van der Waals surface area contributed by atoms with Gasteiger partial charge in [0.05, 0.1) is 11.9 Å². The van der Waals surface area contributed by atoms with Crippen LogP contribution >= 0.6 is 0 Å². The normalized spacial score (nSPS) is 13.0. The first kappa shape index (κ1) is 23.9. The standard InChI is InChI=1S/C23H31FN2O3S/c1-18(17-23(2,3)19-11-6-5-7-12-19)25-22(27)15-10-16-26(30(4,28)29)21-14-9-8-13-20(21)24/h5-9,11-14,18H,10,15-17H2,1-4H3,(H,25,27)/t18-/m0/s1. The zero-order chi connectivity index (χ0) is 22.4. The van der Waals surface area contributed by atoms with Gasteiger partial charge in [0.2, 0.25) is 15.9 Å². The minimum atomic E-state index is -3.65. The molecule has 164 valence electrons. The molecule has 1 atom stereocenters. The van der Waals surface area contributed by atoms with Gasteiger partial charge in [-0.2, -0.15) is 0 Å². The second-order valence-corrected chi connectivity index (χ2v) is 10.2. The predicted molar refractivity (Wildman–Crippen MR) is 120 cm³/mol. The van der Waals surface area contributed by atoms with E-state index in [1.165, 1.54) is 23.8 Å². The molecular formula is C23H31FN2O3S. The highest BCUT2D eigenvalue weighted by atomic mass is 32.2. The summed E-state index contributed by atoms with van der Waals surface area (Å²) >= 11 is 0. The molecule has 0 unspecified atom stereocenters. The highest BCUT2D eigenvalue weighted by Crippen LogP contribution is 2.28. The quantitative estimate of drug-likeness (QED) is 0.608. The Labute approximate surface area is 179 Å². The van der Waals surface area contributed by atoms with Crippen LogP contribution in [0.2, 0.25) is 0 Å². The molecule has 2 aromatic rings. The molecule has 0 saturated carbocycles. The number of amides is 1. The van der Waals surface area contributed by atoms with Gasteiger partial charge in [0.1, 0.15) is 5.82 Å². The van der Waals surface area contributed by atoms with Crippen molar-refractivity contribution in [2.75, 3.05) is 17.1 Å². The van der Waals surface area contributed by atoms with E-state index in [-0.39, 0.29) is 36.0 Å². The van der Waals surface area contributed by atoms with Crippen LogP contribution in [0, 0.1) is 5.82 Å². The van der Waals surface area contributed by atoms with Crippen molar-refractivity contribution in [2.24, 2.45) is 0 Å². The topological polar surface area (TPSA) is 66.5 Å². The molecule has 0 spiro atoms. The fourth-order valence-electron chi connectivity index (χ4n) is 3.67. The number of nitrogens with zero attached hydrogens (tertiary/aromatic N) is 1. The van der Waals surface area contributed by atoms with Crippen molar-refractivity contribution in [3.8, 4) is 0 Å².